The zero-order valence-electron chi connectivity index (χ0n) is 16.1. The van der Waals surface area contributed by atoms with Crippen LogP contribution in [0.5, 0.6) is 0 Å². The quantitative estimate of drug-likeness (QED) is 0.612. The number of rotatable bonds is 6. The SMILES string of the molecule is COC(=O)c1ccc(/C=C/C(=O)OC(C)C(=O)NC2CCCCC2C)cc1. The number of methoxy groups -OCH3 is 1. The van der Waals surface area contributed by atoms with E-state index in [4.69, 9.17) is 4.74 Å². The van der Waals surface area contributed by atoms with Crippen LogP contribution in [0.3, 0.4) is 0 Å². The molecule has 1 saturated carbocycles. The molecule has 1 aliphatic rings. The zero-order chi connectivity index (χ0) is 19.8. The van der Waals surface area contributed by atoms with Gasteiger partial charge in [0.15, 0.2) is 6.10 Å². The van der Waals surface area contributed by atoms with Crippen molar-refractivity contribution in [2.45, 2.75) is 51.7 Å². The Morgan fingerprint density at radius 3 is 2.44 bits per heavy atom. The van der Waals surface area contributed by atoms with Gasteiger partial charge in [-0.15, -0.1) is 0 Å². The fourth-order valence-corrected chi connectivity index (χ4v) is 3.11. The third-order valence-electron chi connectivity index (χ3n) is 4.84. The fourth-order valence-electron chi connectivity index (χ4n) is 3.11. The van der Waals surface area contributed by atoms with Crippen LogP contribution >= 0.6 is 0 Å². The average molecular weight is 373 g/mol. The summed E-state index contributed by atoms with van der Waals surface area (Å²) >= 11 is 0. The first-order valence-corrected chi connectivity index (χ1v) is 9.28. The van der Waals surface area contributed by atoms with Crippen molar-refractivity contribution in [1.82, 2.24) is 5.32 Å². The average Bonchev–Trinajstić information content (AvgIpc) is 2.67. The molecule has 0 spiro atoms. The van der Waals surface area contributed by atoms with Crippen molar-refractivity contribution in [3.8, 4) is 0 Å². The van der Waals surface area contributed by atoms with Gasteiger partial charge in [-0.3, -0.25) is 4.79 Å². The molecule has 0 aliphatic heterocycles. The highest BCUT2D eigenvalue weighted by Gasteiger charge is 2.25. The minimum Gasteiger partial charge on any atom is -0.465 e. The van der Waals surface area contributed by atoms with Gasteiger partial charge in [0, 0.05) is 12.1 Å². The molecule has 0 aromatic heterocycles. The van der Waals surface area contributed by atoms with Gasteiger partial charge < -0.3 is 14.8 Å². The Balaban J connectivity index is 1.83. The maximum atomic E-state index is 12.2. The molecule has 1 aromatic rings. The number of ether oxygens (including phenoxy) is 2. The second-order valence-electron chi connectivity index (χ2n) is 6.90. The molecule has 0 saturated heterocycles. The van der Waals surface area contributed by atoms with E-state index in [-0.39, 0.29) is 11.9 Å². The number of benzene rings is 1. The minimum absolute atomic E-state index is 0.149. The molecule has 2 rings (SSSR count). The number of hydrogen-bond donors (Lipinski definition) is 1. The number of esters is 2. The molecule has 3 atom stereocenters. The third kappa shape index (κ3) is 6.24. The first-order valence-electron chi connectivity index (χ1n) is 9.28. The predicted octanol–water partition coefficient (Wildman–Crippen LogP) is 3.11. The van der Waals surface area contributed by atoms with Crippen LogP contribution in [0.25, 0.3) is 6.08 Å². The lowest BCUT2D eigenvalue weighted by Gasteiger charge is -2.30. The summed E-state index contributed by atoms with van der Waals surface area (Å²) in [6.07, 6.45) is 6.37. The van der Waals surface area contributed by atoms with E-state index >= 15 is 0 Å². The number of carbonyl (C=O) groups is 3. The van der Waals surface area contributed by atoms with Crippen molar-refractivity contribution in [2.24, 2.45) is 5.92 Å². The molecule has 27 heavy (non-hydrogen) atoms. The minimum atomic E-state index is -0.849. The van der Waals surface area contributed by atoms with Crippen molar-refractivity contribution in [3.63, 3.8) is 0 Å². The van der Waals surface area contributed by atoms with E-state index in [0.717, 1.165) is 24.8 Å². The third-order valence-corrected chi connectivity index (χ3v) is 4.84. The van der Waals surface area contributed by atoms with Gasteiger partial charge in [0.1, 0.15) is 0 Å². The summed E-state index contributed by atoms with van der Waals surface area (Å²) in [7, 11) is 1.32. The molecule has 0 radical (unpaired) electrons. The number of amides is 1. The summed E-state index contributed by atoms with van der Waals surface area (Å²) < 4.78 is 9.81. The van der Waals surface area contributed by atoms with E-state index in [0.29, 0.717) is 11.5 Å². The molecule has 0 bridgehead atoms. The number of nitrogens with one attached hydrogen (secondary N) is 1. The summed E-state index contributed by atoms with van der Waals surface area (Å²) in [4.78, 5) is 35.6. The van der Waals surface area contributed by atoms with Crippen LogP contribution in [0, 0.1) is 5.92 Å². The van der Waals surface area contributed by atoms with Gasteiger partial charge in [-0.2, -0.15) is 0 Å². The van der Waals surface area contributed by atoms with E-state index in [1.165, 1.54) is 19.6 Å². The lowest BCUT2D eigenvalue weighted by atomic mass is 9.86. The van der Waals surface area contributed by atoms with Crippen LogP contribution in [-0.4, -0.2) is 37.1 Å². The van der Waals surface area contributed by atoms with E-state index in [1.54, 1.807) is 37.3 Å². The molecule has 1 aromatic carbocycles. The van der Waals surface area contributed by atoms with Gasteiger partial charge in [0.2, 0.25) is 0 Å². The molecule has 1 amide bonds. The lowest BCUT2D eigenvalue weighted by molar-refractivity contribution is -0.150. The maximum Gasteiger partial charge on any atom is 0.337 e. The molecule has 146 valence electrons. The second-order valence-corrected chi connectivity index (χ2v) is 6.90. The summed E-state index contributed by atoms with van der Waals surface area (Å²) in [6, 6.07) is 6.75. The topological polar surface area (TPSA) is 81.7 Å². The van der Waals surface area contributed by atoms with E-state index in [1.807, 2.05) is 0 Å². The van der Waals surface area contributed by atoms with E-state index < -0.39 is 18.0 Å². The van der Waals surface area contributed by atoms with Crippen molar-refractivity contribution in [2.75, 3.05) is 7.11 Å². The Hall–Kier alpha value is -2.63. The molecular formula is C21H27NO5. The molecule has 6 heteroatoms. The van der Waals surface area contributed by atoms with Gasteiger partial charge in [-0.25, -0.2) is 9.59 Å². The zero-order valence-corrected chi connectivity index (χ0v) is 16.1. The largest absolute Gasteiger partial charge is 0.465 e. The summed E-state index contributed by atoms with van der Waals surface area (Å²) in [6.45, 7) is 3.70. The van der Waals surface area contributed by atoms with Crippen LogP contribution in [0.2, 0.25) is 0 Å². The monoisotopic (exact) mass is 373 g/mol. The molecule has 6 nitrogen and oxygen atoms in total. The van der Waals surface area contributed by atoms with Crippen LogP contribution in [0.15, 0.2) is 30.3 Å². The van der Waals surface area contributed by atoms with Crippen LogP contribution in [0.4, 0.5) is 0 Å². The first kappa shape index (κ1) is 20.7. The number of hydrogen-bond acceptors (Lipinski definition) is 5. The molecule has 0 heterocycles. The Morgan fingerprint density at radius 2 is 1.81 bits per heavy atom. The highest BCUT2D eigenvalue weighted by atomic mass is 16.5. The Bertz CT molecular complexity index is 695. The number of carbonyl (C=O) groups excluding carboxylic acids is 3. The summed E-state index contributed by atoms with van der Waals surface area (Å²) in [5, 5.41) is 2.99. The highest BCUT2D eigenvalue weighted by molar-refractivity contribution is 5.91. The Labute approximate surface area is 159 Å². The standard InChI is InChI=1S/C21H27NO5/c1-14-6-4-5-7-18(14)22-20(24)15(2)27-19(23)13-10-16-8-11-17(12-9-16)21(25)26-3/h8-15,18H,4-7H2,1-3H3,(H,22,24)/b13-10+. The van der Waals surface area contributed by atoms with Crippen molar-refractivity contribution in [1.29, 1.82) is 0 Å². The smallest absolute Gasteiger partial charge is 0.337 e. The Kier molecular flexibility index (Phi) is 7.58. The van der Waals surface area contributed by atoms with Gasteiger partial charge in [0.05, 0.1) is 12.7 Å². The van der Waals surface area contributed by atoms with Gasteiger partial charge in [-0.1, -0.05) is 31.9 Å². The van der Waals surface area contributed by atoms with Crippen LogP contribution in [-0.2, 0) is 19.1 Å². The van der Waals surface area contributed by atoms with E-state index in [9.17, 15) is 14.4 Å². The molecule has 1 aliphatic carbocycles. The van der Waals surface area contributed by atoms with Gasteiger partial charge in [0.25, 0.3) is 5.91 Å². The van der Waals surface area contributed by atoms with Gasteiger partial charge >= 0.3 is 11.9 Å². The normalized spacial score (nSPS) is 20.7. The summed E-state index contributed by atoms with van der Waals surface area (Å²) in [5.74, 6) is -0.833. The van der Waals surface area contributed by atoms with Crippen molar-refractivity contribution in [3.05, 3.63) is 41.5 Å². The molecule has 1 N–H and O–H groups in total. The predicted molar refractivity (Wildman–Crippen MR) is 102 cm³/mol. The molecule has 1 fully saturated rings. The van der Waals surface area contributed by atoms with Crippen LogP contribution < -0.4 is 5.32 Å². The summed E-state index contributed by atoms with van der Waals surface area (Å²) in [5.41, 5.74) is 1.16. The van der Waals surface area contributed by atoms with Gasteiger partial charge in [-0.05, 0) is 49.5 Å². The van der Waals surface area contributed by atoms with E-state index in [2.05, 4.69) is 17.0 Å². The molecular weight excluding hydrogens is 346 g/mol. The second kappa shape index (κ2) is 9.90. The first-order chi connectivity index (χ1) is 12.9. The van der Waals surface area contributed by atoms with Crippen LogP contribution in [0.1, 0.15) is 55.5 Å². The lowest BCUT2D eigenvalue weighted by Crippen LogP contribution is -2.45. The molecule has 3 unspecified atom stereocenters. The fraction of sp³-hybridized carbons (Fsp3) is 0.476. The maximum absolute atomic E-state index is 12.2. The highest BCUT2D eigenvalue weighted by Crippen LogP contribution is 2.23. The van der Waals surface area contributed by atoms with Crippen molar-refractivity contribution >= 4 is 23.9 Å². The van der Waals surface area contributed by atoms with Crippen molar-refractivity contribution < 1.29 is 23.9 Å². The Morgan fingerprint density at radius 1 is 1.15 bits per heavy atom.